The van der Waals surface area contributed by atoms with Gasteiger partial charge in [0, 0.05) is 5.75 Å². The second-order valence-corrected chi connectivity index (χ2v) is 7.12. The highest BCUT2D eigenvalue weighted by Crippen LogP contribution is 2.23. The molecule has 1 aromatic heterocycles. The summed E-state index contributed by atoms with van der Waals surface area (Å²) in [4.78, 5) is 11.7. The average Bonchev–Trinajstić information content (AvgIpc) is 2.92. The number of carbonyl (C=O) groups is 1. The topological polar surface area (TPSA) is 77.2 Å². The van der Waals surface area contributed by atoms with E-state index in [-0.39, 0.29) is 11.7 Å². The number of aromatic nitrogens is 2. The third-order valence-corrected chi connectivity index (χ3v) is 3.67. The van der Waals surface area contributed by atoms with Crippen LogP contribution in [0.1, 0.15) is 45.2 Å². The number of amides is 1. The largest absolute Gasteiger partial charge is 0.444 e. The van der Waals surface area contributed by atoms with Gasteiger partial charge >= 0.3 is 6.09 Å². The van der Waals surface area contributed by atoms with Crippen LogP contribution in [0.5, 0.6) is 0 Å². The quantitative estimate of drug-likeness (QED) is 0.816. The number of hydrogen-bond acceptors (Lipinski definition) is 6. The predicted octanol–water partition coefficient (Wildman–Crippen LogP) is 4.09. The Morgan fingerprint density at radius 3 is 2.83 bits per heavy atom. The van der Waals surface area contributed by atoms with Crippen LogP contribution in [0.4, 0.5) is 9.18 Å². The third-order valence-electron chi connectivity index (χ3n) is 2.78. The zero-order valence-corrected chi connectivity index (χ0v) is 14.8. The first-order valence-electron chi connectivity index (χ1n) is 7.43. The van der Waals surface area contributed by atoms with Gasteiger partial charge in [0.05, 0.1) is 0 Å². The zero-order chi connectivity index (χ0) is 17.7. The molecule has 8 heteroatoms. The summed E-state index contributed by atoms with van der Waals surface area (Å²) in [5, 5.41) is 10.8. The molecule has 0 unspecified atom stereocenters. The molecule has 6 nitrogen and oxygen atoms in total. The summed E-state index contributed by atoms with van der Waals surface area (Å²) in [5.41, 5.74) is 0.240. The van der Waals surface area contributed by atoms with E-state index < -0.39 is 17.7 Å². The monoisotopic (exact) mass is 353 g/mol. The van der Waals surface area contributed by atoms with Crippen LogP contribution in [0.2, 0.25) is 0 Å². The lowest BCUT2D eigenvalue weighted by Gasteiger charge is -2.20. The maximum Gasteiger partial charge on any atom is 0.408 e. The molecule has 0 spiro atoms. The van der Waals surface area contributed by atoms with E-state index in [1.807, 2.05) is 6.07 Å². The number of hydrogen-bond donors (Lipinski definition) is 1. The molecule has 1 atom stereocenters. The van der Waals surface area contributed by atoms with E-state index >= 15 is 0 Å². The number of carbonyl (C=O) groups excluding carboxylic acids is 1. The summed E-state index contributed by atoms with van der Waals surface area (Å²) in [6.45, 7) is 7.07. The second kappa shape index (κ2) is 7.65. The summed E-state index contributed by atoms with van der Waals surface area (Å²) in [7, 11) is 0. The van der Waals surface area contributed by atoms with Crippen LogP contribution in [0.15, 0.2) is 33.9 Å². The number of rotatable bonds is 5. The summed E-state index contributed by atoms with van der Waals surface area (Å²) in [6, 6.07) is 5.84. The van der Waals surface area contributed by atoms with E-state index in [0.717, 1.165) is 5.56 Å². The van der Waals surface area contributed by atoms with Gasteiger partial charge in [-0.1, -0.05) is 23.9 Å². The first-order chi connectivity index (χ1) is 11.2. The Balaban J connectivity index is 1.89. The minimum absolute atomic E-state index is 0.280. The highest BCUT2D eigenvalue weighted by atomic mass is 32.2. The van der Waals surface area contributed by atoms with Crippen LogP contribution in [0.25, 0.3) is 0 Å². The zero-order valence-electron chi connectivity index (χ0n) is 14.0. The molecule has 2 rings (SSSR count). The summed E-state index contributed by atoms with van der Waals surface area (Å²) in [5.74, 6) is 0.505. The Morgan fingerprint density at radius 1 is 1.42 bits per heavy atom. The molecular weight excluding hydrogens is 333 g/mol. The Morgan fingerprint density at radius 2 is 2.17 bits per heavy atom. The standard InChI is InChI=1S/C16H20FN3O3S/c1-10(18-14(21)23-16(2,3)4)13-19-20-15(22-13)24-9-11-6-5-7-12(17)8-11/h5-8,10H,9H2,1-4H3,(H,18,21)/t10-/m0/s1. The Labute approximate surface area is 144 Å². The summed E-state index contributed by atoms with van der Waals surface area (Å²) < 4.78 is 23.8. The molecule has 0 fully saturated rings. The van der Waals surface area contributed by atoms with Crippen molar-refractivity contribution in [1.82, 2.24) is 15.5 Å². The molecule has 0 aliphatic rings. The fourth-order valence-corrected chi connectivity index (χ4v) is 2.48. The van der Waals surface area contributed by atoms with E-state index in [4.69, 9.17) is 9.15 Å². The Hall–Kier alpha value is -2.09. The van der Waals surface area contributed by atoms with Crippen LogP contribution in [0.3, 0.4) is 0 Å². The molecule has 0 radical (unpaired) electrons. The fourth-order valence-electron chi connectivity index (χ4n) is 1.77. The van der Waals surface area contributed by atoms with Crippen molar-refractivity contribution < 1.29 is 18.3 Å². The highest BCUT2D eigenvalue weighted by Gasteiger charge is 2.21. The molecule has 1 heterocycles. The average molecular weight is 353 g/mol. The molecule has 1 N–H and O–H groups in total. The van der Waals surface area contributed by atoms with Gasteiger partial charge < -0.3 is 14.5 Å². The van der Waals surface area contributed by atoms with Gasteiger partial charge in [0.15, 0.2) is 0 Å². The first-order valence-corrected chi connectivity index (χ1v) is 8.41. The van der Waals surface area contributed by atoms with Gasteiger partial charge in [-0.25, -0.2) is 9.18 Å². The van der Waals surface area contributed by atoms with E-state index in [2.05, 4.69) is 15.5 Å². The maximum atomic E-state index is 13.1. The van der Waals surface area contributed by atoms with Crippen LogP contribution >= 0.6 is 11.8 Å². The normalized spacial score (nSPS) is 12.7. The molecule has 1 aromatic carbocycles. The van der Waals surface area contributed by atoms with E-state index in [9.17, 15) is 9.18 Å². The molecule has 1 amide bonds. The van der Waals surface area contributed by atoms with Crippen LogP contribution < -0.4 is 5.32 Å². The van der Waals surface area contributed by atoms with E-state index in [1.165, 1.54) is 23.9 Å². The van der Waals surface area contributed by atoms with Crippen molar-refractivity contribution in [2.45, 2.75) is 50.3 Å². The van der Waals surface area contributed by atoms with Crippen LogP contribution in [-0.2, 0) is 10.5 Å². The fraction of sp³-hybridized carbons (Fsp3) is 0.438. The van der Waals surface area contributed by atoms with E-state index in [0.29, 0.717) is 11.0 Å². The van der Waals surface area contributed by atoms with Gasteiger partial charge in [0.1, 0.15) is 17.5 Å². The van der Waals surface area contributed by atoms with Gasteiger partial charge in [0.25, 0.3) is 5.22 Å². The molecule has 2 aromatic rings. The maximum absolute atomic E-state index is 13.1. The summed E-state index contributed by atoms with van der Waals surface area (Å²) >= 11 is 1.30. The molecule has 0 aliphatic heterocycles. The molecular formula is C16H20FN3O3S. The van der Waals surface area contributed by atoms with E-state index in [1.54, 1.807) is 33.8 Å². The number of alkyl carbamates (subject to hydrolysis) is 1. The lowest BCUT2D eigenvalue weighted by atomic mass is 10.2. The van der Waals surface area contributed by atoms with Crippen molar-refractivity contribution in [2.24, 2.45) is 0 Å². The predicted molar refractivity (Wildman–Crippen MR) is 88.0 cm³/mol. The van der Waals surface area contributed by atoms with Gasteiger partial charge in [-0.05, 0) is 45.4 Å². The second-order valence-electron chi connectivity index (χ2n) is 6.19. The lowest BCUT2D eigenvalue weighted by molar-refractivity contribution is 0.0500. The van der Waals surface area contributed by atoms with Crippen LogP contribution in [0, 0.1) is 5.82 Å². The minimum Gasteiger partial charge on any atom is -0.444 e. The van der Waals surface area contributed by atoms with Gasteiger partial charge in [-0.2, -0.15) is 0 Å². The van der Waals surface area contributed by atoms with Gasteiger partial charge in [-0.3, -0.25) is 0 Å². The Bertz CT molecular complexity index is 700. The minimum atomic E-state index is -0.579. The molecule has 130 valence electrons. The summed E-state index contributed by atoms with van der Waals surface area (Å²) in [6.07, 6.45) is -0.554. The van der Waals surface area contributed by atoms with Crippen molar-refractivity contribution in [3.8, 4) is 0 Å². The molecule has 0 bridgehead atoms. The van der Waals surface area contributed by atoms with Crippen molar-refractivity contribution in [1.29, 1.82) is 0 Å². The van der Waals surface area contributed by atoms with Crippen molar-refractivity contribution in [3.63, 3.8) is 0 Å². The number of nitrogens with zero attached hydrogens (tertiary/aromatic N) is 2. The number of ether oxygens (including phenoxy) is 1. The number of nitrogens with one attached hydrogen (secondary N) is 1. The number of halogens is 1. The third kappa shape index (κ3) is 5.84. The molecule has 0 saturated heterocycles. The lowest BCUT2D eigenvalue weighted by Crippen LogP contribution is -2.34. The van der Waals surface area contributed by atoms with Crippen molar-refractivity contribution in [2.75, 3.05) is 0 Å². The number of thioether (sulfide) groups is 1. The molecule has 0 saturated carbocycles. The van der Waals surface area contributed by atoms with Crippen LogP contribution in [-0.4, -0.2) is 21.9 Å². The number of benzene rings is 1. The Kier molecular flexibility index (Phi) is 5.82. The smallest absolute Gasteiger partial charge is 0.408 e. The van der Waals surface area contributed by atoms with Crippen molar-refractivity contribution in [3.05, 3.63) is 41.5 Å². The molecule has 0 aliphatic carbocycles. The van der Waals surface area contributed by atoms with Gasteiger partial charge in [0.2, 0.25) is 5.89 Å². The molecule has 24 heavy (non-hydrogen) atoms. The first kappa shape index (κ1) is 18.3. The SMILES string of the molecule is C[C@H](NC(=O)OC(C)(C)C)c1nnc(SCc2cccc(F)c2)o1. The van der Waals surface area contributed by atoms with Gasteiger partial charge in [-0.15, -0.1) is 10.2 Å². The highest BCUT2D eigenvalue weighted by molar-refractivity contribution is 7.98. The van der Waals surface area contributed by atoms with Crippen molar-refractivity contribution >= 4 is 17.9 Å².